The Morgan fingerprint density at radius 2 is 1.92 bits per heavy atom. The first-order valence-corrected chi connectivity index (χ1v) is 15.3. The number of morpholine rings is 1. The predicted molar refractivity (Wildman–Crippen MR) is 144 cm³/mol. The first kappa shape index (κ1) is 26.2. The second kappa shape index (κ2) is 10.8. The quantitative estimate of drug-likeness (QED) is 0.472. The first-order chi connectivity index (χ1) is 17.7. The molecule has 1 N–H and O–H groups in total. The van der Waals surface area contributed by atoms with Crippen molar-refractivity contribution < 1.29 is 23.0 Å². The van der Waals surface area contributed by atoms with E-state index in [2.05, 4.69) is 21.7 Å². The molecule has 2 aliphatic rings. The molecule has 0 saturated carbocycles. The van der Waals surface area contributed by atoms with Gasteiger partial charge in [-0.05, 0) is 25.8 Å². The molecule has 0 radical (unpaired) electrons. The third kappa shape index (κ3) is 5.88. The van der Waals surface area contributed by atoms with Crippen LogP contribution in [0.15, 0.2) is 12.3 Å². The van der Waals surface area contributed by atoms with E-state index in [4.69, 9.17) is 19.4 Å². The lowest BCUT2D eigenvalue weighted by Gasteiger charge is -2.29. The van der Waals surface area contributed by atoms with Crippen LogP contribution in [0.2, 0.25) is 0 Å². The van der Waals surface area contributed by atoms with E-state index in [0.717, 1.165) is 53.9 Å². The van der Waals surface area contributed by atoms with Crippen molar-refractivity contribution in [2.24, 2.45) is 0 Å². The van der Waals surface area contributed by atoms with Crippen molar-refractivity contribution in [1.82, 2.24) is 19.9 Å². The number of piperidine rings is 1. The van der Waals surface area contributed by atoms with Crippen molar-refractivity contribution >= 4 is 37.3 Å². The molecule has 200 valence electrons. The summed E-state index contributed by atoms with van der Waals surface area (Å²) in [5.74, 6) is 0.763. The van der Waals surface area contributed by atoms with Crippen LogP contribution >= 0.6 is 11.3 Å². The van der Waals surface area contributed by atoms with E-state index in [1.807, 2.05) is 6.07 Å². The van der Waals surface area contributed by atoms with Crippen LogP contribution in [0.25, 0.3) is 21.5 Å². The highest BCUT2D eigenvalue weighted by molar-refractivity contribution is 7.89. The standard InChI is InChI=1S/C25H33N5O5S2/c1-16-20(14-29-6-4-19(31)5-7-29)22-23(36-16)21(27-25(28-22)30-8-10-35-11-9-30)17-12-18(15-37(3,32)33)24(34-2)26-13-17/h12-13,19,31H,4-11,14-15H2,1-3H3. The maximum absolute atomic E-state index is 12.1. The number of sulfone groups is 1. The SMILES string of the molecule is COc1ncc(-c2nc(N3CCOCC3)nc3c(CN4CCC(O)CC4)c(C)sc23)cc1CS(C)(=O)=O. The van der Waals surface area contributed by atoms with Crippen LogP contribution in [-0.2, 0) is 26.9 Å². The number of rotatable bonds is 7. The summed E-state index contributed by atoms with van der Waals surface area (Å²) in [5, 5.41) is 9.94. The van der Waals surface area contributed by atoms with Gasteiger partial charge in [0.25, 0.3) is 0 Å². The molecular weight excluding hydrogens is 514 g/mol. The summed E-state index contributed by atoms with van der Waals surface area (Å²) in [5.41, 5.74) is 4.07. The van der Waals surface area contributed by atoms with Crippen LogP contribution in [0.1, 0.15) is 28.8 Å². The zero-order chi connectivity index (χ0) is 26.2. The monoisotopic (exact) mass is 547 g/mol. The fourth-order valence-electron chi connectivity index (χ4n) is 4.91. The van der Waals surface area contributed by atoms with E-state index in [0.29, 0.717) is 43.7 Å². The lowest BCUT2D eigenvalue weighted by molar-refractivity contribution is 0.0794. The van der Waals surface area contributed by atoms with Crippen LogP contribution in [0.3, 0.4) is 0 Å². The Balaban J connectivity index is 1.63. The number of thiophene rings is 1. The normalized spacial score (nSPS) is 18.0. The summed E-state index contributed by atoms with van der Waals surface area (Å²) in [6.07, 6.45) is 4.23. The fourth-order valence-corrected chi connectivity index (χ4v) is 6.79. The number of fused-ring (bicyclic) bond motifs is 1. The van der Waals surface area contributed by atoms with Crippen molar-refractivity contribution in [3.8, 4) is 17.1 Å². The van der Waals surface area contributed by atoms with Gasteiger partial charge in [0.05, 0.1) is 48.1 Å². The second-order valence-corrected chi connectivity index (χ2v) is 13.1. The summed E-state index contributed by atoms with van der Waals surface area (Å²) < 4.78 is 36.1. The average molecular weight is 548 g/mol. The number of methoxy groups -OCH3 is 1. The van der Waals surface area contributed by atoms with E-state index in [1.54, 1.807) is 17.5 Å². The van der Waals surface area contributed by atoms with Crippen LogP contribution in [0.4, 0.5) is 5.95 Å². The Kier molecular flexibility index (Phi) is 7.64. The number of nitrogens with zero attached hydrogens (tertiary/aromatic N) is 5. The lowest BCUT2D eigenvalue weighted by atomic mass is 10.1. The van der Waals surface area contributed by atoms with Gasteiger partial charge in [-0.15, -0.1) is 11.3 Å². The molecule has 12 heteroatoms. The molecular formula is C25H33N5O5S2. The summed E-state index contributed by atoms with van der Waals surface area (Å²) in [6, 6.07) is 1.82. The number of aliphatic hydroxyl groups is 1. The number of aryl methyl sites for hydroxylation is 1. The first-order valence-electron chi connectivity index (χ1n) is 12.5. The Morgan fingerprint density at radius 1 is 1.19 bits per heavy atom. The largest absolute Gasteiger partial charge is 0.481 e. The molecule has 10 nitrogen and oxygen atoms in total. The summed E-state index contributed by atoms with van der Waals surface area (Å²) >= 11 is 1.65. The van der Waals surface area contributed by atoms with Gasteiger partial charge in [-0.25, -0.2) is 23.4 Å². The van der Waals surface area contributed by atoms with E-state index in [9.17, 15) is 13.5 Å². The molecule has 2 aliphatic heterocycles. The maximum atomic E-state index is 12.1. The summed E-state index contributed by atoms with van der Waals surface area (Å²) in [4.78, 5) is 20.2. The van der Waals surface area contributed by atoms with Gasteiger partial charge in [0.15, 0.2) is 9.84 Å². The molecule has 0 unspecified atom stereocenters. The van der Waals surface area contributed by atoms with E-state index in [1.165, 1.54) is 23.8 Å². The van der Waals surface area contributed by atoms with E-state index in [-0.39, 0.29) is 11.9 Å². The number of hydrogen-bond acceptors (Lipinski definition) is 11. The van der Waals surface area contributed by atoms with Crippen molar-refractivity contribution in [2.45, 2.75) is 38.2 Å². The molecule has 0 bridgehead atoms. The second-order valence-electron chi connectivity index (χ2n) is 9.76. The smallest absolute Gasteiger partial charge is 0.226 e. The van der Waals surface area contributed by atoms with E-state index >= 15 is 0 Å². The number of aromatic nitrogens is 3. The Bertz CT molecular complexity index is 1380. The zero-order valence-electron chi connectivity index (χ0n) is 21.4. The molecule has 3 aromatic rings. The number of pyridine rings is 1. The lowest BCUT2D eigenvalue weighted by Crippen LogP contribution is -2.37. The van der Waals surface area contributed by atoms with Gasteiger partial charge in [0.1, 0.15) is 0 Å². The molecule has 3 aromatic heterocycles. The van der Waals surface area contributed by atoms with Crippen LogP contribution in [-0.4, -0.2) is 92.2 Å². The Labute approximate surface area is 221 Å². The summed E-state index contributed by atoms with van der Waals surface area (Å²) in [7, 11) is -1.81. The van der Waals surface area contributed by atoms with Gasteiger partial charge in [-0.3, -0.25) is 4.90 Å². The van der Waals surface area contributed by atoms with Gasteiger partial charge >= 0.3 is 0 Å². The van der Waals surface area contributed by atoms with Crippen molar-refractivity contribution in [1.29, 1.82) is 0 Å². The van der Waals surface area contributed by atoms with Crippen LogP contribution in [0, 0.1) is 6.92 Å². The number of likely N-dealkylation sites (tertiary alicyclic amines) is 1. The molecule has 37 heavy (non-hydrogen) atoms. The predicted octanol–water partition coefficient (Wildman–Crippen LogP) is 2.41. The van der Waals surface area contributed by atoms with Crippen LogP contribution < -0.4 is 9.64 Å². The van der Waals surface area contributed by atoms with Gasteiger partial charge in [0.2, 0.25) is 11.8 Å². The minimum absolute atomic E-state index is 0.170. The molecule has 0 amide bonds. The number of aliphatic hydroxyl groups excluding tert-OH is 1. The molecule has 0 aliphatic carbocycles. The van der Waals surface area contributed by atoms with E-state index < -0.39 is 9.84 Å². The van der Waals surface area contributed by atoms with Crippen LogP contribution in [0.5, 0.6) is 5.88 Å². The third-order valence-corrected chi connectivity index (χ3v) is 8.84. The third-order valence-electron chi connectivity index (χ3n) is 6.86. The molecule has 0 atom stereocenters. The minimum Gasteiger partial charge on any atom is -0.481 e. The van der Waals surface area contributed by atoms with Gasteiger partial charge in [-0.2, -0.15) is 0 Å². The molecule has 2 saturated heterocycles. The maximum Gasteiger partial charge on any atom is 0.226 e. The highest BCUT2D eigenvalue weighted by Crippen LogP contribution is 2.39. The highest BCUT2D eigenvalue weighted by Gasteiger charge is 2.25. The molecule has 5 heterocycles. The molecule has 2 fully saturated rings. The van der Waals surface area contributed by atoms with Crippen molar-refractivity contribution in [3.05, 3.63) is 28.3 Å². The van der Waals surface area contributed by atoms with Gasteiger partial charge in [0, 0.05) is 66.7 Å². The molecule has 0 spiro atoms. The summed E-state index contributed by atoms with van der Waals surface area (Å²) in [6.45, 7) is 7.21. The number of anilines is 1. The topological polar surface area (TPSA) is 118 Å². The zero-order valence-corrected chi connectivity index (χ0v) is 23.1. The highest BCUT2D eigenvalue weighted by atomic mass is 32.2. The fraction of sp³-hybridized carbons (Fsp3) is 0.560. The Hall–Kier alpha value is -2.38. The molecule has 5 rings (SSSR count). The number of ether oxygens (including phenoxy) is 2. The Morgan fingerprint density at radius 3 is 2.59 bits per heavy atom. The van der Waals surface area contributed by atoms with Gasteiger partial charge in [-0.1, -0.05) is 0 Å². The molecule has 0 aromatic carbocycles. The minimum atomic E-state index is -3.30. The van der Waals surface area contributed by atoms with Gasteiger partial charge < -0.3 is 19.5 Å². The van der Waals surface area contributed by atoms with Crippen molar-refractivity contribution in [3.63, 3.8) is 0 Å². The van der Waals surface area contributed by atoms with Crippen molar-refractivity contribution in [2.75, 3.05) is 57.7 Å². The average Bonchev–Trinajstić information content (AvgIpc) is 3.19. The number of hydrogen-bond donors (Lipinski definition) is 1.